The van der Waals surface area contributed by atoms with Crippen LogP contribution in [0.15, 0.2) is 36.7 Å². The molecule has 1 fully saturated rings. The van der Waals surface area contributed by atoms with E-state index in [1.54, 1.807) is 19.5 Å². The molecule has 0 unspecified atom stereocenters. The van der Waals surface area contributed by atoms with Gasteiger partial charge in [0, 0.05) is 30.4 Å². The first-order valence-electron chi connectivity index (χ1n) is 7.05. The molecule has 1 atom stereocenters. The summed E-state index contributed by atoms with van der Waals surface area (Å²) in [6, 6.07) is 7.99. The Kier molecular flexibility index (Phi) is 3.92. The van der Waals surface area contributed by atoms with Gasteiger partial charge < -0.3 is 10.1 Å². The van der Waals surface area contributed by atoms with E-state index >= 15 is 0 Å². The summed E-state index contributed by atoms with van der Waals surface area (Å²) in [5, 5.41) is 3.44. The number of ether oxygens (including phenoxy) is 1. The molecule has 0 aliphatic carbocycles. The first kappa shape index (κ1) is 13.1. The minimum absolute atomic E-state index is 0.428. The lowest BCUT2D eigenvalue weighted by molar-refractivity contribution is 0.416. The number of piperidine rings is 1. The van der Waals surface area contributed by atoms with E-state index in [2.05, 4.69) is 15.3 Å². The highest BCUT2D eigenvalue weighted by Crippen LogP contribution is 2.34. The molecule has 1 aliphatic heterocycles. The van der Waals surface area contributed by atoms with Crippen LogP contribution in [0.25, 0.3) is 11.3 Å². The van der Waals surface area contributed by atoms with E-state index in [0.29, 0.717) is 5.92 Å². The van der Waals surface area contributed by atoms with Gasteiger partial charge in [-0.15, -0.1) is 0 Å². The third kappa shape index (κ3) is 2.51. The number of aromatic nitrogens is 2. The summed E-state index contributed by atoms with van der Waals surface area (Å²) in [7, 11) is 1.69. The molecule has 2 aromatic rings. The Hall–Kier alpha value is -1.94. The molecule has 104 valence electrons. The van der Waals surface area contributed by atoms with Gasteiger partial charge in [0.1, 0.15) is 5.75 Å². The summed E-state index contributed by atoms with van der Waals surface area (Å²) in [5.74, 6) is 1.27. The first-order chi connectivity index (χ1) is 9.90. The number of benzene rings is 1. The normalized spacial score (nSPS) is 18.8. The van der Waals surface area contributed by atoms with Gasteiger partial charge in [-0.2, -0.15) is 0 Å². The maximum absolute atomic E-state index is 5.46. The molecule has 0 bridgehead atoms. The molecule has 20 heavy (non-hydrogen) atoms. The van der Waals surface area contributed by atoms with Crippen molar-refractivity contribution < 1.29 is 4.74 Å². The molecule has 0 spiro atoms. The van der Waals surface area contributed by atoms with E-state index in [9.17, 15) is 0 Å². The predicted octanol–water partition coefficient (Wildman–Crippen LogP) is 2.62. The fourth-order valence-electron chi connectivity index (χ4n) is 2.78. The Balaban J connectivity index is 2.05. The van der Waals surface area contributed by atoms with Crippen LogP contribution >= 0.6 is 0 Å². The van der Waals surface area contributed by atoms with Gasteiger partial charge in [0.25, 0.3) is 0 Å². The highest BCUT2D eigenvalue weighted by atomic mass is 16.5. The third-order valence-corrected chi connectivity index (χ3v) is 3.77. The van der Waals surface area contributed by atoms with E-state index in [1.807, 2.05) is 24.3 Å². The van der Waals surface area contributed by atoms with E-state index in [4.69, 9.17) is 4.74 Å². The van der Waals surface area contributed by atoms with Gasteiger partial charge in [-0.05, 0) is 31.5 Å². The van der Waals surface area contributed by atoms with E-state index in [0.717, 1.165) is 42.2 Å². The van der Waals surface area contributed by atoms with Crippen molar-refractivity contribution in [3.8, 4) is 17.0 Å². The third-order valence-electron chi connectivity index (χ3n) is 3.77. The van der Waals surface area contributed by atoms with Crippen molar-refractivity contribution in [1.29, 1.82) is 0 Å². The highest BCUT2D eigenvalue weighted by molar-refractivity contribution is 5.69. The van der Waals surface area contributed by atoms with Crippen LogP contribution in [0, 0.1) is 0 Å². The molecule has 3 rings (SSSR count). The molecule has 1 N–H and O–H groups in total. The van der Waals surface area contributed by atoms with Crippen LogP contribution in [0.5, 0.6) is 5.75 Å². The second kappa shape index (κ2) is 6.01. The van der Waals surface area contributed by atoms with Crippen molar-refractivity contribution in [1.82, 2.24) is 15.3 Å². The second-order valence-corrected chi connectivity index (χ2v) is 5.03. The van der Waals surface area contributed by atoms with Gasteiger partial charge in [-0.25, -0.2) is 0 Å². The van der Waals surface area contributed by atoms with Crippen LogP contribution < -0.4 is 10.1 Å². The minimum atomic E-state index is 0.428. The van der Waals surface area contributed by atoms with Crippen LogP contribution in [0.2, 0.25) is 0 Å². The molecule has 1 aromatic heterocycles. The zero-order valence-corrected chi connectivity index (χ0v) is 11.7. The van der Waals surface area contributed by atoms with Gasteiger partial charge >= 0.3 is 0 Å². The van der Waals surface area contributed by atoms with Crippen molar-refractivity contribution in [2.24, 2.45) is 0 Å². The highest BCUT2D eigenvalue weighted by Gasteiger charge is 2.22. The molecule has 4 nitrogen and oxygen atoms in total. The van der Waals surface area contributed by atoms with Gasteiger partial charge in [-0.1, -0.05) is 12.1 Å². The van der Waals surface area contributed by atoms with E-state index in [1.165, 1.54) is 6.42 Å². The fourth-order valence-corrected chi connectivity index (χ4v) is 2.78. The molecule has 1 saturated heterocycles. The Bertz CT molecular complexity index is 579. The Labute approximate surface area is 119 Å². The number of hydrogen-bond acceptors (Lipinski definition) is 4. The average molecular weight is 269 g/mol. The standard InChI is InChI=1S/C16H19N3O/c1-20-14-7-3-2-6-13(14)16-15(18-9-10-19-16)12-5-4-8-17-11-12/h2-3,6-7,9-10,12,17H,4-5,8,11H2,1H3/t12-/m1/s1. The van der Waals surface area contributed by atoms with Gasteiger partial charge in [0.2, 0.25) is 0 Å². The van der Waals surface area contributed by atoms with E-state index in [-0.39, 0.29) is 0 Å². The number of nitrogens with zero attached hydrogens (tertiary/aromatic N) is 2. The lowest BCUT2D eigenvalue weighted by Crippen LogP contribution is -2.29. The number of hydrogen-bond donors (Lipinski definition) is 1. The monoisotopic (exact) mass is 269 g/mol. The quantitative estimate of drug-likeness (QED) is 0.930. The summed E-state index contributed by atoms with van der Waals surface area (Å²) in [6.45, 7) is 2.07. The lowest BCUT2D eigenvalue weighted by atomic mass is 9.92. The average Bonchev–Trinajstić information content (AvgIpc) is 2.55. The number of rotatable bonds is 3. The van der Waals surface area contributed by atoms with Crippen LogP contribution in [0.1, 0.15) is 24.5 Å². The summed E-state index contributed by atoms with van der Waals surface area (Å²) in [5.41, 5.74) is 3.03. The largest absolute Gasteiger partial charge is 0.496 e. The SMILES string of the molecule is COc1ccccc1-c1nccnc1[C@@H]1CCCNC1. The van der Waals surface area contributed by atoms with Crippen LogP contribution in [0.4, 0.5) is 0 Å². The summed E-state index contributed by atoms with van der Waals surface area (Å²) in [6.07, 6.45) is 5.88. The smallest absolute Gasteiger partial charge is 0.128 e. The van der Waals surface area contributed by atoms with Crippen molar-refractivity contribution in [3.05, 3.63) is 42.4 Å². The molecule has 0 saturated carbocycles. The summed E-state index contributed by atoms with van der Waals surface area (Å²) < 4.78 is 5.46. The van der Waals surface area contributed by atoms with Crippen molar-refractivity contribution in [3.63, 3.8) is 0 Å². The van der Waals surface area contributed by atoms with Crippen LogP contribution in [-0.4, -0.2) is 30.2 Å². The molecule has 1 aromatic carbocycles. The van der Waals surface area contributed by atoms with Crippen LogP contribution in [-0.2, 0) is 0 Å². The molecular formula is C16H19N3O. The number of para-hydroxylation sites is 1. The van der Waals surface area contributed by atoms with Gasteiger partial charge in [0.15, 0.2) is 0 Å². The zero-order valence-electron chi connectivity index (χ0n) is 11.7. The van der Waals surface area contributed by atoms with Gasteiger partial charge in [0.05, 0.1) is 18.5 Å². The molecule has 4 heteroatoms. The topological polar surface area (TPSA) is 47.0 Å². The second-order valence-electron chi connectivity index (χ2n) is 5.03. The Morgan fingerprint density at radius 1 is 1.20 bits per heavy atom. The van der Waals surface area contributed by atoms with Crippen LogP contribution in [0.3, 0.4) is 0 Å². The van der Waals surface area contributed by atoms with Gasteiger partial charge in [-0.3, -0.25) is 9.97 Å². The molecule has 0 amide bonds. The summed E-state index contributed by atoms with van der Waals surface area (Å²) >= 11 is 0. The number of nitrogens with one attached hydrogen (secondary N) is 1. The maximum Gasteiger partial charge on any atom is 0.128 e. The minimum Gasteiger partial charge on any atom is -0.496 e. The first-order valence-corrected chi connectivity index (χ1v) is 7.05. The summed E-state index contributed by atoms with van der Waals surface area (Å²) in [4.78, 5) is 9.16. The van der Waals surface area contributed by atoms with Crippen molar-refractivity contribution in [2.75, 3.05) is 20.2 Å². The van der Waals surface area contributed by atoms with Crippen molar-refractivity contribution in [2.45, 2.75) is 18.8 Å². The number of methoxy groups -OCH3 is 1. The van der Waals surface area contributed by atoms with Crippen molar-refractivity contribution >= 4 is 0 Å². The Morgan fingerprint density at radius 2 is 2.05 bits per heavy atom. The lowest BCUT2D eigenvalue weighted by Gasteiger charge is -2.24. The fraction of sp³-hybridized carbons (Fsp3) is 0.375. The molecule has 1 aliphatic rings. The zero-order chi connectivity index (χ0) is 13.8. The van der Waals surface area contributed by atoms with E-state index < -0.39 is 0 Å². The molecular weight excluding hydrogens is 250 g/mol. The Morgan fingerprint density at radius 3 is 2.85 bits per heavy atom. The molecule has 2 heterocycles. The maximum atomic E-state index is 5.46. The molecule has 0 radical (unpaired) electrons. The predicted molar refractivity (Wildman–Crippen MR) is 78.9 cm³/mol.